The Morgan fingerprint density at radius 1 is 1.22 bits per heavy atom. The van der Waals surface area contributed by atoms with Gasteiger partial charge >= 0.3 is 5.97 Å². The molecule has 0 unspecified atom stereocenters. The van der Waals surface area contributed by atoms with Gasteiger partial charge in [-0.15, -0.1) is 0 Å². The van der Waals surface area contributed by atoms with Crippen molar-refractivity contribution in [3.8, 4) is 5.75 Å². The highest BCUT2D eigenvalue weighted by atomic mass is 79.9. The minimum atomic E-state index is -0.894. The molecule has 0 spiro atoms. The summed E-state index contributed by atoms with van der Waals surface area (Å²) in [6.07, 6.45) is 0. The zero-order chi connectivity index (χ0) is 13.5. The second-order valence-corrected chi connectivity index (χ2v) is 4.16. The topological polar surface area (TPSA) is 61.8 Å². The first-order chi connectivity index (χ1) is 8.60. The van der Waals surface area contributed by atoms with Gasteiger partial charge in [-0.05, 0) is 34.1 Å². The monoisotopic (exact) mass is 316 g/mol. The molecule has 0 radical (unpaired) electrons. The number of hydrogen-bond acceptors (Lipinski definition) is 5. The predicted octanol–water partition coefficient (Wildman–Crippen LogP) is 1.83. The average molecular weight is 317 g/mol. The van der Waals surface area contributed by atoms with Gasteiger partial charge in [-0.1, -0.05) is 0 Å². The molecular formula is C12H13BrO5. The summed E-state index contributed by atoms with van der Waals surface area (Å²) in [4.78, 5) is 22.6. The molecule has 0 aliphatic rings. The van der Waals surface area contributed by atoms with Gasteiger partial charge in [0, 0.05) is 12.7 Å². The number of benzene rings is 1. The zero-order valence-electron chi connectivity index (χ0n) is 10.1. The molecule has 1 aromatic rings. The maximum atomic E-state index is 11.5. The zero-order valence-corrected chi connectivity index (χ0v) is 11.7. The fourth-order valence-electron chi connectivity index (χ4n) is 1.20. The summed E-state index contributed by atoms with van der Waals surface area (Å²) in [5.74, 6) is -1.01. The maximum absolute atomic E-state index is 11.5. The van der Waals surface area contributed by atoms with Crippen LogP contribution >= 0.6 is 15.9 Å². The number of esters is 1. The molecule has 98 valence electrons. The van der Waals surface area contributed by atoms with Crippen molar-refractivity contribution < 1.29 is 23.8 Å². The van der Waals surface area contributed by atoms with E-state index in [2.05, 4.69) is 20.7 Å². The molecule has 18 heavy (non-hydrogen) atoms. The normalized spacial score (nSPS) is 9.94. The summed E-state index contributed by atoms with van der Waals surface area (Å²) in [7, 11) is 2.74. The van der Waals surface area contributed by atoms with E-state index < -0.39 is 11.8 Å². The summed E-state index contributed by atoms with van der Waals surface area (Å²) < 4.78 is 15.2. The molecule has 6 heteroatoms. The Bertz CT molecular complexity index is 444. The molecule has 0 saturated carbocycles. The third-order valence-corrected chi connectivity index (χ3v) is 2.73. The van der Waals surface area contributed by atoms with Gasteiger partial charge in [0.25, 0.3) is 5.78 Å². The molecule has 0 fully saturated rings. The third kappa shape index (κ3) is 3.82. The number of Topliss-reactive ketones (excluding diaryl/α,β-unsaturated/α-hetero) is 1. The fourth-order valence-corrected chi connectivity index (χ4v) is 1.70. The lowest BCUT2D eigenvalue weighted by Crippen LogP contribution is -2.15. The molecule has 1 rings (SSSR count). The van der Waals surface area contributed by atoms with Gasteiger partial charge in [0.2, 0.25) is 0 Å². The van der Waals surface area contributed by atoms with Crippen LogP contribution in [0.15, 0.2) is 22.7 Å². The highest BCUT2D eigenvalue weighted by Gasteiger charge is 2.17. The second-order valence-electron chi connectivity index (χ2n) is 3.31. The van der Waals surface area contributed by atoms with Gasteiger partial charge in [-0.25, -0.2) is 4.79 Å². The molecule has 0 aliphatic carbocycles. The molecule has 1 aromatic carbocycles. The van der Waals surface area contributed by atoms with Gasteiger partial charge in [-0.2, -0.15) is 0 Å². The smallest absolute Gasteiger partial charge is 0.379 e. The molecule has 0 aromatic heterocycles. The van der Waals surface area contributed by atoms with Crippen molar-refractivity contribution in [1.29, 1.82) is 0 Å². The van der Waals surface area contributed by atoms with Crippen LogP contribution < -0.4 is 4.74 Å². The highest BCUT2D eigenvalue weighted by molar-refractivity contribution is 9.10. The number of methoxy groups -OCH3 is 2. The van der Waals surface area contributed by atoms with E-state index in [-0.39, 0.29) is 5.56 Å². The lowest BCUT2D eigenvalue weighted by Gasteiger charge is -2.08. The SMILES string of the molecule is COCCOc1ccc(C(=O)C(=O)OC)cc1Br. The molecular weight excluding hydrogens is 304 g/mol. The van der Waals surface area contributed by atoms with Crippen LogP contribution in [0.3, 0.4) is 0 Å². The summed E-state index contributed by atoms with van der Waals surface area (Å²) in [6, 6.07) is 4.63. The molecule has 0 heterocycles. The van der Waals surface area contributed by atoms with Crippen molar-refractivity contribution in [2.24, 2.45) is 0 Å². The van der Waals surface area contributed by atoms with Crippen LogP contribution in [-0.2, 0) is 14.3 Å². The Labute approximate surface area is 113 Å². The first-order valence-corrected chi connectivity index (χ1v) is 5.93. The van der Waals surface area contributed by atoms with Crippen LogP contribution in [0.1, 0.15) is 10.4 Å². The summed E-state index contributed by atoms with van der Waals surface area (Å²) in [5, 5.41) is 0. The van der Waals surface area contributed by atoms with Crippen LogP contribution in [0.2, 0.25) is 0 Å². The van der Waals surface area contributed by atoms with Crippen LogP contribution in [0.4, 0.5) is 0 Å². The molecule has 0 atom stereocenters. The number of halogens is 1. The molecule has 5 nitrogen and oxygen atoms in total. The standard InChI is InChI=1S/C12H13BrO5/c1-16-5-6-18-10-4-3-8(7-9(10)13)11(14)12(15)17-2/h3-4,7H,5-6H2,1-2H3. The fraction of sp³-hybridized carbons (Fsp3) is 0.333. The maximum Gasteiger partial charge on any atom is 0.379 e. The van der Waals surface area contributed by atoms with Crippen LogP contribution in [-0.4, -0.2) is 39.2 Å². The van der Waals surface area contributed by atoms with Crippen molar-refractivity contribution >= 4 is 27.7 Å². The Morgan fingerprint density at radius 3 is 2.50 bits per heavy atom. The average Bonchev–Trinajstić information content (AvgIpc) is 2.39. The van der Waals surface area contributed by atoms with Gasteiger partial charge in [0.1, 0.15) is 12.4 Å². The predicted molar refractivity (Wildman–Crippen MR) is 67.9 cm³/mol. The van der Waals surface area contributed by atoms with Crippen LogP contribution in [0.25, 0.3) is 0 Å². The Morgan fingerprint density at radius 2 is 1.94 bits per heavy atom. The first-order valence-electron chi connectivity index (χ1n) is 5.14. The molecule has 0 saturated heterocycles. The Kier molecular flexibility index (Phi) is 5.80. The van der Waals surface area contributed by atoms with Crippen molar-refractivity contribution in [3.05, 3.63) is 28.2 Å². The number of carbonyl (C=O) groups excluding carboxylic acids is 2. The Hall–Kier alpha value is -1.40. The summed E-state index contributed by atoms with van der Waals surface area (Å²) in [5.41, 5.74) is 0.243. The van der Waals surface area contributed by atoms with Crippen molar-refractivity contribution in [1.82, 2.24) is 0 Å². The minimum Gasteiger partial charge on any atom is -0.490 e. The number of ketones is 1. The molecule has 0 aliphatic heterocycles. The summed E-state index contributed by atoms with van der Waals surface area (Å²) in [6.45, 7) is 0.870. The summed E-state index contributed by atoms with van der Waals surface area (Å²) >= 11 is 3.27. The first kappa shape index (κ1) is 14.7. The van der Waals surface area contributed by atoms with E-state index in [0.717, 1.165) is 7.11 Å². The number of ether oxygens (including phenoxy) is 3. The van der Waals surface area contributed by atoms with Gasteiger partial charge < -0.3 is 14.2 Å². The quantitative estimate of drug-likeness (QED) is 0.347. The van der Waals surface area contributed by atoms with Crippen LogP contribution in [0.5, 0.6) is 5.75 Å². The molecule has 0 bridgehead atoms. The number of rotatable bonds is 6. The van der Waals surface area contributed by atoms with Crippen molar-refractivity contribution in [2.75, 3.05) is 27.4 Å². The lowest BCUT2D eigenvalue weighted by molar-refractivity contribution is -0.135. The Balaban J connectivity index is 2.79. The largest absolute Gasteiger partial charge is 0.490 e. The van der Waals surface area contributed by atoms with Crippen molar-refractivity contribution in [3.63, 3.8) is 0 Å². The molecule has 0 N–H and O–H groups in total. The second kappa shape index (κ2) is 7.13. The van der Waals surface area contributed by atoms with E-state index in [1.165, 1.54) is 12.1 Å². The van der Waals surface area contributed by atoms with Crippen molar-refractivity contribution in [2.45, 2.75) is 0 Å². The van der Waals surface area contributed by atoms with E-state index >= 15 is 0 Å². The highest BCUT2D eigenvalue weighted by Crippen LogP contribution is 2.26. The van der Waals surface area contributed by atoms with Crippen LogP contribution in [0, 0.1) is 0 Å². The number of carbonyl (C=O) groups is 2. The number of hydrogen-bond donors (Lipinski definition) is 0. The minimum absolute atomic E-state index is 0.243. The molecule has 0 amide bonds. The van der Waals surface area contributed by atoms with Gasteiger partial charge in [-0.3, -0.25) is 4.79 Å². The lowest BCUT2D eigenvalue weighted by atomic mass is 10.1. The van der Waals surface area contributed by atoms with Gasteiger partial charge in [0.15, 0.2) is 0 Å². The van der Waals surface area contributed by atoms with Gasteiger partial charge in [0.05, 0.1) is 18.2 Å². The van der Waals surface area contributed by atoms with E-state index in [1.54, 1.807) is 13.2 Å². The van der Waals surface area contributed by atoms with E-state index in [0.29, 0.717) is 23.4 Å². The van der Waals surface area contributed by atoms with E-state index in [1.807, 2.05) is 0 Å². The third-order valence-electron chi connectivity index (χ3n) is 2.11. The van der Waals surface area contributed by atoms with E-state index in [9.17, 15) is 9.59 Å². The van der Waals surface area contributed by atoms with E-state index in [4.69, 9.17) is 9.47 Å².